The lowest BCUT2D eigenvalue weighted by Gasteiger charge is -2.27. The molecule has 2 aromatic rings. The van der Waals surface area contributed by atoms with Crippen molar-refractivity contribution in [1.29, 1.82) is 0 Å². The monoisotopic (exact) mass is 525 g/mol. The van der Waals surface area contributed by atoms with Crippen molar-refractivity contribution in [3.8, 4) is 0 Å². The van der Waals surface area contributed by atoms with Gasteiger partial charge in [-0.1, -0.05) is 50.2 Å². The second kappa shape index (κ2) is 11.1. The number of imide groups is 1. The minimum absolute atomic E-state index is 0.0306. The van der Waals surface area contributed by atoms with E-state index in [1.165, 1.54) is 17.4 Å². The van der Waals surface area contributed by atoms with Crippen LogP contribution in [0.25, 0.3) is 0 Å². The molecule has 0 bridgehead atoms. The number of amides is 4. The Morgan fingerprint density at radius 3 is 2.22 bits per heavy atom. The van der Waals surface area contributed by atoms with Crippen LogP contribution in [0.3, 0.4) is 0 Å². The molecule has 198 valence electrons. The molecule has 0 aromatic heterocycles. The number of fused-ring (bicyclic) bond motifs is 1. The third kappa shape index (κ3) is 6.04. The predicted molar refractivity (Wildman–Crippen MR) is 146 cm³/mol. The summed E-state index contributed by atoms with van der Waals surface area (Å²) in [6.07, 6.45) is 4.40. The van der Waals surface area contributed by atoms with E-state index >= 15 is 0 Å². The molecular formula is C29H36ClN3O4. The number of urea groups is 1. The quantitative estimate of drug-likeness (QED) is 0.337. The zero-order valence-electron chi connectivity index (χ0n) is 22.2. The zero-order chi connectivity index (χ0) is 27.4. The standard InChI is InChI=1S/C15H17N3O3.C12H15Cl.C2H4O/c1-3-12(19)16-11-5-4-9-7-15(8-10(9)6-11)13(20)17-14(21)18(15)2;1-11(9-12(11,2)13)8-10-6-4-3-5-7-10;1-2-3/h4-6H,3,7-8H2,1-2H3,(H,16,19)(H,17,20,21);3-7H,8-9H2,1-2H3;2H,1H3. The van der Waals surface area contributed by atoms with E-state index < -0.39 is 5.54 Å². The molecular weight excluding hydrogens is 490 g/mol. The summed E-state index contributed by atoms with van der Waals surface area (Å²) in [5.41, 5.74) is 3.67. The van der Waals surface area contributed by atoms with Gasteiger partial charge in [-0.15, -0.1) is 11.6 Å². The summed E-state index contributed by atoms with van der Waals surface area (Å²) in [5, 5.41) is 5.18. The SMILES string of the molecule is CC1(Cl)CC1(C)Cc1ccccc1.CC=O.CCC(=O)Nc1ccc2c(c1)CC1(C2)C(=O)NC(=O)N1C. The highest BCUT2D eigenvalue weighted by atomic mass is 35.5. The number of aldehydes is 1. The lowest BCUT2D eigenvalue weighted by Crippen LogP contribution is -2.48. The Labute approximate surface area is 223 Å². The predicted octanol–water partition coefficient (Wildman–Crippen LogP) is 4.90. The Hall–Kier alpha value is -3.19. The maximum atomic E-state index is 12.2. The Balaban J connectivity index is 0.000000203. The molecule has 37 heavy (non-hydrogen) atoms. The van der Waals surface area contributed by atoms with Crippen LogP contribution in [0.15, 0.2) is 48.5 Å². The Morgan fingerprint density at radius 1 is 1.11 bits per heavy atom. The third-order valence-electron chi connectivity index (χ3n) is 7.66. The topological polar surface area (TPSA) is 95.6 Å². The molecule has 3 aliphatic rings. The molecule has 2 aromatic carbocycles. The van der Waals surface area contributed by atoms with Crippen LogP contribution in [-0.2, 0) is 33.6 Å². The van der Waals surface area contributed by atoms with E-state index in [1.54, 1.807) is 14.0 Å². The molecule has 1 spiro atoms. The molecule has 2 fully saturated rings. The molecule has 3 atom stereocenters. The van der Waals surface area contributed by atoms with Crippen LogP contribution in [0, 0.1) is 5.41 Å². The first-order valence-electron chi connectivity index (χ1n) is 12.5. The van der Waals surface area contributed by atoms with E-state index in [0.29, 0.717) is 24.7 Å². The molecule has 3 unspecified atom stereocenters. The number of rotatable bonds is 4. The molecule has 1 saturated heterocycles. The minimum Gasteiger partial charge on any atom is -0.326 e. The van der Waals surface area contributed by atoms with Gasteiger partial charge in [0.05, 0.1) is 0 Å². The van der Waals surface area contributed by atoms with Crippen molar-refractivity contribution < 1.29 is 19.2 Å². The third-order valence-corrected chi connectivity index (χ3v) is 8.25. The van der Waals surface area contributed by atoms with Crippen molar-refractivity contribution in [2.45, 2.75) is 70.2 Å². The highest BCUT2D eigenvalue weighted by Crippen LogP contribution is 2.62. The second-order valence-corrected chi connectivity index (χ2v) is 11.3. The van der Waals surface area contributed by atoms with Gasteiger partial charge in [0, 0.05) is 36.9 Å². The average Bonchev–Trinajstić information content (AvgIpc) is 3.09. The summed E-state index contributed by atoms with van der Waals surface area (Å²) in [6.45, 7) is 7.64. The Morgan fingerprint density at radius 2 is 1.70 bits per heavy atom. The van der Waals surface area contributed by atoms with Crippen molar-refractivity contribution in [3.63, 3.8) is 0 Å². The molecule has 7 nitrogen and oxygen atoms in total. The van der Waals surface area contributed by atoms with E-state index in [9.17, 15) is 14.4 Å². The average molecular weight is 526 g/mol. The smallest absolute Gasteiger partial charge is 0.324 e. The van der Waals surface area contributed by atoms with Gasteiger partial charge in [0.25, 0.3) is 5.91 Å². The van der Waals surface area contributed by atoms with Gasteiger partial charge in [-0.25, -0.2) is 4.79 Å². The van der Waals surface area contributed by atoms with Crippen molar-refractivity contribution in [1.82, 2.24) is 10.2 Å². The summed E-state index contributed by atoms with van der Waals surface area (Å²) < 4.78 is 0. The molecule has 8 heteroatoms. The summed E-state index contributed by atoms with van der Waals surface area (Å²) in [5.74, 6) is -0.293. The number of benzene rings is 2. The van der Waals surface area contributed by atoms with E-state index in [2.05, 4.69) is 54.8 Å². The number of likely N-dealkylation sites (N-methyl/N-ethyl adjacent to an activating group) is 1. The molecule has 2 N–H and O–H groups in total. The van der Waals surface area contributed by atoms with Crippen molar-refractivity contribution in [2.75, 3.05) is 12.4 Å². The number of halogens is 1. The van der Waals surface area contributed by atoms with Crippen molar-refractivity contribution >= 4 is 41.4 Å². The van der Waals surface area contributed by atoms with Crippen LogP contribution in [0.2, 0.25) is 0 Å². The van der Waals surface area contributed by atoms with Crippen molar-refractivity contribution in [2.24, 2.45) is 5.41 Å². The molecule has 1 heterocycles. The van der Waals surface area contributed by atoms with Gasteiger partial charge in [-0.3, -0.25) is 14.9 Å². The number of carbonyl (C=O) groups is 4. The van der Waals surface area contributed by atoms with Gasteiger partial charge < -0.3 is 15.0 Å². The maximum Gasteiger partial charge on any atom is 0.324 e. The number of nitrogens with zero attached hydrogens (tertiary/aromatic N) is 1. The minimum atomic E-state index is -0.813. The van der Waals surface area contributed by atoms with Crippen molar-refractivity contribution in [3.05, 3.63) is 65.2 Å². The molecule has 4 amide bonds. The first-order chi connectivity index (χ1) is 17.4. The second-order valence-electron chi connectivity index (χ2n) is 10.4. The first-order valence-corrected chi connectivity index (χ1v) is 12.9. The van der Waals surface area contributed by atoms with E-state index in [-0.39, 0.29) is 22.7 Å². The first kappa shape index (κ1) is 28.4. The summed E-state index contributed by atoms with van der Waals surface area (Å²) in [6, 6.07) is 15.9. The molecule has 5 rings (SSSR count). The zero-order valence-corrected chi connectivity index (χ0v) is 22.9. The van der Waals surface area contributed by atoms with Crippen LogP contribution in [0.4, 0.5) is 10.5 Å². The number of nitrogens with one attached hydrogen (secondary N) is 2. The lowest BCUT2D eigenvalue weighted by molar-refractivity contribution is -0.125. The summed E-state index contributed by atoms with van der Waals surface area (Å²) >= 11 is 6.30. The van der Waals surface area contributed by atoms with Gasteiger partial charge in [-0.2, -0.15) is 0 Å². The highest BCUT2D eigenvalue weighted by molar-refractivity contribution is 6.26. The van der Waals surface area contributed by atoms with Crippen LogP contribution in [0.5, 0.6) is 0 Å². The van der Waals surface area contributed by atoms with Gasteiger partial charge in [0.2, 0.25) is 5.91 Å². The largest absolute Gasteiger partial charge is 0.326 e. The molecule has 1 saturated carbocycles. The van der Waals surface area contributed by atoms with Crippen LogP contribution in [-0.4, -0.2) is 46.5 Å². The normalized spacial score (nSPS) is 26.8. The Bertz CT molecular complexity index is 1180. The van der Waals surface area contributed by atoms with Crippen LogP contribution in [0.1, 0.15) is 57.2 Å². The van der Waals surface area contributed by atoms with Gasteiger partial charge >= 0.3 is 6.03 Å². The lowest BCUT2D eigenvalue weighted by atomic mass is 9.95. The maximum absolute atomic E-state index is 12.2. The highest BCUT2D eigenvalue weighted by Gasteiger charge is 2.59. The fraction of sp³-hybridized carbons (Fsp3) is 0.448. The summed E-state index contributed by atoms with van der Waals surface area (Å²) in [7, 11) is 1.64. The number of anilines is 1. The van der Waals surface area contributed by atoms with Gasteiger partial charge in [0.1, 0.15) is 11.8 Å². The number of carbonyl (C=O) groups excluding carboxylic acids is 4. The molecule has 2 aliphatic carbocycles. The number of hydrogen-bond donors (Lipinski definition) is 2. The van der Waals surface area contributed by atoms with E-state index in [1.807, 2.05) is 18.2 Å². The van der Waals surface area contributed by atoms with E-state index in [0.717, 1.165) is 35.9 Å². The fourth-order valence-corrected chi connectivity index (χ4v) is 5.37. The molecule has 0 radical (unpaired) electrons. The van der Waals surface area contributed by atoms with Gasteiger partial charge in [0.15, 0.2) is 0 Å². The van der Waals surface area contributed by atoms with Gasteiger partial charge in [-0.05, 0) is 60.9 Å². The van der Waals surface area contributed by atoms with E-state index in [4.69, 9.17) is 16.4 Å². The van der Waals surface area contributed by atoms with Crippen LogP contribution >= 0.6 is 11.6 Å². The summed E-state index contributed by atoms with van der Waals surface area (Å²) in [4.78, 5) is 45.6. The molecule has 1 aliphatic heterocycles. The fourth-order valence-electron chi connectivity index (χ4n) is 5.01. The van der Waals surface area contributed by atoms with Crippen LogP contribution < -0.4 is 10.6 Å². The number of alkyl halides is 1. The Kier molecular flexibility index (Phi) is 8.48. The number of hydrogen-bond acceptors (Lipinski definition) is 4.